The lowest BCUT2D eigenvalue weighted by Gasteiger charge is -2.30. The van der Waals surface area contributed by atoms with Crippen LogP contribution < -0.4 is 5.32 Å². The lowest BCUT2D eigenvalue weighted by Crippen LogP contribution is -2.45. The van der Waals surface area contributed by atoms with Crippen LogP contribution in [0.2, 0.25) is 0 Å². The van der Waals surface area contributed by atoms with Gasteiger partial charge >= 0.3 is 0 Å². The molecule has 1 aliphatic rings. The fourth-order valence-electron chi connectivity index (χ4n) is 2.34. The number of phenols is 1. The second kappa shape index (κ2) is 6.30. The predicted molar refractivity (Wildman–Crippen MR) is 78.2 cm³/mol. The molecule has 2 atom stereocenters. The molecule has 1 aromatic rings. The van der Waals surface area contributed by atoms with Crippen molar-refractivity contribution < 1.29 is 9.90 Å². The Morgan fingerprint density at radius 2 is 2.42 bits per heavy atom. The van der Waals surface area contributed by atoms with Crippen molar-refractivity contribution in [2.75, 3.05) is 18.2 Å². The number of nitrogens with zero attached hydrogens (tertiary/aromatic N) is 1. The molecule has 19 heavy (non-hydrogen) atoms. The number of likely N-dealkylation sites (N-methyl/N-ethyl adjacent to an activating group) is 1. The Bertz CT molecular complexity index is 447. The molecule has 1 heterocycles. The molecule has 4 nitrogen and oxygen atoms in total. The summed E-state index contributed by atoms with van der Waals surface area (Å²) in [6.07, 6.45) is 0. The third-order valence-electron chi connectivity index (χ3n) is 3.46. The SMILES string of the molecule is CCN(C(=O)C1CSCN1)C(C)c1cccc(O)c1. The number of phenolic OH excluding ortho intramolecular Hbond substituents is 1. The van der Waals surface area contributed by atoms with E-state index >= 15 is 0 Å². The molecule has 0 spiro atoms. The Kier molecular flexibility index (Phi) is 4.71. The van der Waals surface area contributed by atoms with Gasteiger partial charge in [0.15, 0.2) is 0 Å². The predicted octanol–water partition coefficient (Wildman–Crippen LogP) is 1.96. The summed E-state index contributed by atoms with van der Waals surface area (Å²) >= 11 is 1.75. The van der Waals surface area contributed by atoms with Gasteiger partial charge in [-0.25, -0.2) is 0 Å². The van der Waals surface area contributed by atoms with E-state index in [1.807, 2.05) is 30.9 Å². The van der Waals surface area contributed by atoms with Gasteiger partial charge in [0, 0.05) is 18.2 Å². The molecule has 1 fully saturated rings. The van der Waals surface area contributed by atoms with E-state index in [9.17, 15) is 9.90 Å². The van der Waals surface area contributed by atoms with Crippen LogP contribution in [0.5, 0.6) is 5.75 Å². The number of carbonyl (C=O) groups is 1. The summed E-state index contributed by atoms with van der Waals surface area (Å²) in [5, 5.41) is 12.8. The maximum Gasteiger partial charge on any atom is 0.241 e. The number of carbonyl (C=O) groups excluding carboxylic acids is 1. The maximum absolute atomic E-state index is 12.5. The van der Waals surface area contributed by atoms with Crippen LogP contribution in [0.25, 0.3) is 0 Å². The summed E-state index contributed by atoms with van der Waals surface area (Å²) in [6.45, 7) is 4.65. The van der Waals surface area contributed by atoms with Crippen molar-refractivity contribution in [3.63, 3.8) is 0 Å². The van der Waals surface area contributed by atoms with Gasteiger partial charge in [-0.05, 0) is 31.5 Å². The summed E-state index contributed by atoms with van der Waals surface area (Å²) in [4.78, 5) is 14.3. The normalized spacial score (nSPS) is 20.2. The standard InChI is InChI=1S/C14H20N2O2S/c1-3-16(14(18)13-8-19-9-15-13)10(2)11-5-4-6-12(17)7-11/h4-7,10,13,15,17H,3,8-9H2,1-2H3. The van der Waals surface area contributed by atoms with Crippen LogP contribution in [0.4, 0.5) is 0 Å². The van der Waals surface area contributed by atoms with Crippen LogP contribution in [-0.2, 0) is 4.79 Å². The van der Waals surface area contributed by atoms with Gasteiger partial charge in [-0.2, -0.15) is 0 Å². The smallest absolute Gasteiger partial charge is 0.241 e. The number of hydrogen-bond donors (Lipinski definition) is 2. The molecule has 1 amide bonds. The molecule has 0 radical (unpaired) electrons. The molecule has 0 aliphatic carbocycles. The Morgan fingerprint density at radius 1 is 1.63 bits per heavy atom. The van der Waals surface area contributed by atoms with Gasteiger partial charge in [-0.1, -0.05) is 12.1 Å². The Balaban J connectivity index is 2.14. The van der Waals surface area contributed by atoms with Crippen LogP contribution in [0.15, 0.2) is 24.3 Å². The topological polar surface area (TPSA) is 52.6 Å². The monoisotopic (exact) mass is 280 g/mol. The summed E-state index contributed by atoms with van der Waals surface area (Å²) < 4.78 is 0. The molecule has 2 rings (SSSR count). The molecule has 0 bridgehead atoms. The molecule has 2 unspecified atom stereocenters. The van der Waals surface area contributed by atoms with E-state index in [2.05, 4.69) is 5.32 Å². The van der Waals surface area contributed by atoms with E-state index in [0.717, 1.165) is 17.2 Å². The second-order valence-corrected chi connectivity index (χ2v) is 5.70. The van der Waals surface area contributed by atoms with Crippen LogP contribution in [0.1, 0.15) is 25.5 Å². The molecule has 0 aromatic heterocycles. The Hall–Kier alpha value is -1.20. The highest BCUT2D eigenvalue weighted by atomic mass is 32.2. The van der Waals surface area contributed by atoms with Crippen molar-refractivity contribution in [1.29, 1.82) is 0 Å². The molecule has 5 heteroatoms. The molecule has 1 aromatic carbocycles. The Morgan fingerprint density at radius 3 is 3.00 bits per heavy atom. The number of rotatable bonds is 4. The van der Waals surface area contributed by atoms with Crippen LogP contribution >= 0.6 is 11.8 Å². The molecular weight excluding hydrogens is 260 g/mol. The first-order valence-corrected chi connectivity index (χ1v) is 7.69. The fourth-order valence-corrected chi connectivity index (χ4v) is 3.27. The van der Waals surface area contributed by atoms with Crippen molar-refractivity contribution in [3.05, 3.63) is 29.8 Å². The highest BCUT2D eigenvalue weighted by molar-refractivity contribution is 7.99. The number of hydrogen-bond acceptors (Lipinski definition) is 4. The zero-order valence-electron chi connectivity index (χ0n) is 11.3. The van der Waals surface area contributed by atoms with Gasteiger partial charge in [0.1, 0.15) is 5.75 Å². The number of amides is 1. The van der Waals surface area contributed by atoms with Gasteiger partial charge in [-0.15, -0.1) is 11.8 Å². The van der Waals surface area contributed by atoms with Crippen LogP contribution in [0.3, 0.4) is 0 Å². The summed E-state index contributed by atoms with van der Waals surface area (Å²) in [7, 11) is 0. The summed E-state index contributed by atoms with van der Waals surface area (Å²) in [5.74, 6) is 2.06. The van der Waals surface area contributed by atoms with Crippen molar-refractivity contribution in [2.24, 2.45) is 0 Å². The third-order valence-corrected chi connectivity index (χ3v) is 4.40. The number of benzene rings is 1. The minimum atomic E-state index is -0.0790. The van der Waals surface area contributed by atoms with E-state index in [-0.39, 0.29) is 23.7 Å². The van der Waals surface area contributed by atoms with Crippen molar-refractivity contribution in [2.45, 2.75) is 25.9 Å². The minimum absolute atomic E-state index is 0.0306. The minimum Gasteiger partial charge on any atom is -0.508 e. The summed E-state index contributed by atoms with van der Waals surface area (Å²) in [6, 6.07) is 7.00. The first-order valence-electron chi connectivity index (χ1n) is 6.54. The quantitative estimate of drug-likeness (QED) is 0.885. The second-order valence-electron chi connectivity index (χ2n) is 4.67. The van der Waals surface area contributed by atoms with Gasteiger partial charge in [0.05, 0.1) is 12.1 Å². The van der Waals surface area contributed by atoms with Crippen molar-refractivity contribution in [1.82, 2.24) is 10.2 Å². The van der Waals surface area contributed by atoms with E-state index in [0.29, 0.717) is 6.54 Å². The van der Waals surface area contributed by atoms with Gasteiger partial charge < -0.3 is 10.0 Å². The number of thioether (sulfide) groups is 1. The zero-order valence-corrected chi connectivity index (χ0v) is 12.1. The lowest BCUT2D eigenvalue weighted by atomic mass is 10.1. The molecule has 1 aliphatic heterocycles. The van der Waals surface area contributed by atoms with Crippen LogP contribution in [0, 0.1) is 0 Å². The highest BCUT2D eigenvalue weighted by Gasteiger charge is 2.29. The van der Waals surface area contributed by atoms with Gasteiger partial charge in [0.2, 0.25) is 5.91 Å². The van der Waals surface area contributed by atoms with E-state index in [1.165, 1.54) is 0 Å². The fraction of sp³-hybridized carbons (Fsp3) is 0.500. The van der Waals surface area contributed by atoms with E-state index < -0.39 is 0 Å². The summed E-state index contributed by atoms with van der Waals surface area (Å²) in [5.41, 5.74) is 0.959. The highest BCUT2D eigenvalue weighted by Crippen LogP contribution is 2.25. The van der Waals surface area contributed by atoms with E-state index in [4.69, 9.17) is 0 Å². The Labute approximate surface area is 118 Å². The molecule has 1 saturated heterocycles. The molecule has 2 N–H and O–H groups in total. The molecule has 104 valence electrons. The first kappa shape index (κ1) is 14.2. The number of aromatic hydroxyl groups is 1. The maximum atomic E-state index is 12.5. The first-order chi connectivity index (χ1) is 9.13. The molecule has 0 saturated carbocycles. The zero-order chi connectivity index (χ0) is 13.8. The third kappa shape index (κ3) is 3.22. The molecular formula is C14H20N2O2S. The lowest BCUT2D eigenvalue weighted by molar-refractivity contribution is -0.134. The van der Waals surface area contributed by atoms with Crippen LogP contribution in [-0.4, -0.2) is 40.1 Å². The number of nitrogens with one attached hydrogen (secondary N) is 1. The largest absolute Gasteiger partial charge is 0.508 e. The van der Waals surface area contributed by atoms with Crippen molar-refractivity contribution >= 4 is 17.7 Å². The average Bonchev–Trinajstić information content (AvgIpc) is 2.93. The van der Waals surface area contributed by atoms with Crippen molar-refractivity contribution in [3.8, 4) is 5.75 Å². The van der Waals surface area contributed by atoms with E-state index in [1.54, 1.807) is 23.9 Å². The van der Waals surface area contributed by atoms with Gasteiger partial charge in [0.25, 0.3) is 0 Å². The van der Waals surface area contributed by atoms with Gasteiger partial charge in [-0.3, -0.25) is 10.1 Å². The average molecular weight is 280 g/mol.